The van der Waals surface area contributed by atoms with Gasteiger partial charge in [0.05, 0.1) is 6.10 Å². The molecule has 2 atom stereocenters. The molecule has 0 aromatic carbocycles. The van der Waals surface area contributed by atoms with Crippen molar-refractivity contribution in [1.29, 1.82) is 0 Å². The first-order chi connectivity index (χ1) is 9.17. The Kier molecular flexibility index (Phi) is 4.96. The lowest BCUT2D eigenvalue weighted by atomic mass is 9.87. The van der Waals surface area contributed by atoms with Gasteiger partial charge in [0, 0.05) is 19.2 Å². The number of nitrogens with zero attached hydrogens (tertiary/aromatic N) is 2. The number of anilines is 2. The molecule has 1 aliphatic rings. The second-order valence-corrected chi connectivity index (χ2v) is 5.28. The van der Waals surface area contributed by atoms with E-state index in [0.29, 0.717) is 5.92 Å². The number of aliphatic hydroxyl groups excluding tert-OH is 1. The Morgan fingerprint density at radius 3 is 2.68 bits per heavy atom. The fourth-order valence-electron chi connectivity index (χ4n) is 2.63. The SMILES string of the molecule is CCNc1cc(NCC2CCCC(O)C2)nc(C)n1. The van der Waals surface area contributed by atoms with Crippen LogP contribution in [0, 0.1) is 12.8 Å². The molecule has 0 saturated heterocycles. The van der Waals surface area contributed by atoms with Crippen LogP contribution in [0.4, 0.5) is 11.6 Å². The molecule has 5 heteroatoms. The van der Waals surface area contributed by atoms with Gasteiger partial charge in [0.15, 0.2) is 0 Å². The highest BCUT2D eigenvalue weighted by Crippen LogP contribution is 2.24. The van der Waals surface area contributed by atoms with Crippen molar-refractivity contribution in [2.24, 2.45) is 5.92 Å². The molecule has 1 aliphatic carbocycles. The number of aliphatic hydroxyl groups is 1. The Balaban J connectivity index is 1.91. The third-order valence-corrected chi connectivity index (χ3v) is 3.52. The van der Waals surface area contributed by atoms with Crippen molar-refractivity contribution in [1.82, 2.24) is 9.97 Å². The predicted octanol–water partition coefficient (Wildman–Crippen LogP) is 2.18. The molecular formula is C14H24N4O. The third-order valence-electron chi connectivity index (χ3n) is 3.52. The first-order valence-corrected chi connectivity index (χ1v) is 7.19. The monoisotopic (exact) mass is 264 g/mol. The molecule has 0 bridgehead atoms. The van der Waals surface area contributed by atoms with Crippen LogP contribution in [-0.2, 0) is 0 Å². The number of aryl methyl sites for hydroxylation is 1. The number of rotatable bonds is 5. The highest BCUT2D eigenvalue weighted by molar-refractivity contribution is 5.47. The van der Waals surface area contributed by atoms with Crippen LogP contribution in [0.3, 0.4) is 0 Å². The summed E-state index contributed by atoms with van der Waals surface area (Å²) >= 11 is 0. The van der Waals surface area contributed by atoms with E-state index in [9.17, 15) is 5.11 Å². The zero-order chi connectivity index (χ0) is 13.7. The molecule has 2 rings (SSSR count). The molecule has 19 heavy (non-hydrogen) atoms. The fraction of sp³-hybridized carbons (Fsp3) is 0.714. The number of nitrogens with one attached hydrogen (secondary N) is 2. The standard InChI is InChI=1S/C14H24N4O/c1-3-15-13-8-14(18-10(2)17-13)16-9-11-5-4-6-12(19)7-11/h8,11-12,19H,3-7,9H2,1-2H3,(H2,15,16,17,18). The Morgan fingerprint density at radius 1 is 1.26 bits per heavy atom. The molecular weight excluding hydrogens is 240 g/mol. The van der Waals surface area contributed by atoms with Gasteiger partial charge in [-0.25, -0.2) is 9.97 Å². The van der Waals surface area contributed by atoms with Gasteiger partial charge in [-0.1, -0.05) is 6.42 Å². The highest BCUT2D eigenvalue weighted by atomic mass is 16.3. The topological polar surface area (TPSA) is 70.1 Å². The van der Waals surface area contributed by atoms with Gasteiger partial charge in [-0.05, 0) is 39.0 Å². The normalized spacial score (nSPS) is 23.1. The maximum Gasteiger partial charge on any atom is 0.131 e. The van der Waals surface area contributed by atoms with E-state index >= 15 is 0 Å². The summed E-state index contributed by atoms with van der Waals surface area (Å²) in [5, 5.41) is 16.2. The summed E-state index contributed by atoms with van der Waals surface area (Å²) < 4.78 is 0. The van der Waals surface area contributed by atoms with E-state index in [1.807, 2.05) is 19.9 Å². The third kappa shape index (κ3) is 4.35. The summed E-state index contributed by atoms with van der Waals surface area (Å²) in [5.41, 5.74) is 0. The van der Waals surface area contributed by atoms with Crippen LogP contribution in [0.15, 0.2) is 6.07 Å². The van der Waals surface area contributed by atoms with Crippen molar-refractivity contribution in [3.8, 4) is 0 Å². The van der Waals surface area contributed by atoms with Gasteiger partial charge in [-0.2, -0.15) is 0 Å². The summed E-state index contributed by atoms with van der Waals surface area (Å²) in [6.07, 6.45) is 4.04. The summed E-state index contributed by atoms with van der Waals surface area (Å²) in [5.74, 6) is 3.04. The summed E-state index contributed by atoms with van der Waals surface area (Å²) in [4.78, 5) is 8.72. The molecule has 2 unspecified atom stereocenters. The van der Waals surface area contributed by atoms with Gasteiger partial charge >= 0.3 is 0 Å². The smallest absolute Gasteiger partial charge is 0.131 e. The van der Waals surface area contributed by atoms with Crippen LogP contribution in [0.5, 0.6) is 0 Å². The zero-order valence-electron chi connectivity index (χ0n) is 11.8. The van der Waals surface area contributed by atoms with Crippen molar-refractivity contribution >= 4 is 11.6 Å². The van der Waals surface area contributed by atoms with Crippen LogP contribution in [-0.4, -0.2) is 34.3 Å². The van der Waals surface area contributed by atoms with Crippen LogP contribution < -0.4 is 10.6 Å². The van der Waals surface area contributed by atoms with Crippen LogP contribution in [0.2, 0.25) is 0 Å². The molecule has 1 aromatic rings. The number of aromatic nitrogens is 2. The maximum atomic E-state index is 9.67. The summed E-state index contributed by atoms with van der Waals surface area (Å²) in [6.45, 7) is 5.67. The van der Waals surface area contributed by atoms with Crippen molar-refractivity contribution in [3.05, 3.63) is 11.9 Å². The van der Waals surface area contributed by atoms with Crippen molar-refractivity contribution < 1.29 is 5.11 Å². The van der Waals surface area contributed by atoms with E-state index in [1.165, 1.54) is 6.42 Å². The highest BCUT2D eigenvalue weighted by Gasteiger charge is 2.19. The van der Waals surface area contributed by atoms with E-state index in [-0.39, 0.29) is 6.10 Å². The van der Waals surface area contributed by atoms with Gasteiger partial charge < -0.3 is 15.7 Å². The van der Waals surface area contributed by atoms with E-state index in [2.05, 4.69) is 20.6 Å². The fourth-order valence-corrected chi connectivity index (χ4v) is 2.63. The predicted molar refractivity (Wildman–Crippen MR) is 77.4 cm³/mol. The van der Waals surface area contributed by atoms with Gasteiger partial charge in [-0.15, -0.1) is 0 Å². The van der Waals surface area contributed by atoms with Gasteiger partial charge in [-0.3, -0.25) is 0 Å². The van der Waals surface area contributed by atoms with E-state index < -0.39 is 0 Å². The molecule has 5 nitrogen and oxygen atoms in total. The second-order valence-electron chi connectivity index (χ2n) is 5.28. The Labute approximate surface area is 114 Å². The van der Waals surface area contributed by atoms with Gasteiger partial charge in [0.1, 0.15) is 17.5 Å². The lowest BCUT2D eigenvalue weighted by Gasteiger charge is -2.26. The number of hydrogen-bond acceptors (Lipinski definition) is 5. The molecule has 1 saturated carbocycles. The first kappa shape index (κ1) is 14.1. The molecule has 1 aromatic heterocycles. The average Bonchev–Trinajstić information content (AvgIpc) is 2.36. The van der Waals surface area contributed by atoms with Crippen molar-refractivity contribution in [3.63, 3.8) is 0 Å². The lowest BCUT2D eigenvalue weighted by Crippen LogP contribution is -2.25. The molecule has 0 aliphatic heterocycles. The largest absolute Gasteiger partial charge is 0.393 e. The van der Waals surface area contributed by atoms with Crippen molar-refractivity contribution in [2.45, 2.75) is 45.6 Å². The van der Waals surface area contributed by atoms with Crippen LogP contribution in [0.1, 0.15) is 38.4 Å². The minimum absolute atomic E-state index is 0.120. The molecule has 0 spiro atoms. The quantitative estimate of drug-likeness (QED) is 0.760. The summed E-state index contributed by atoms with van der Waals surface area (Å²) in [6, 6.07) is 1.94. The van der Waals surface area contributed by atoms with Crippen molar-refractivity contribution in [2.75, 3.05) is 23.7 Å². The molecule has 106 valence electrons. The molecule has 0 amide bonds. The van der Waals surface area contributed by atoms with E-state index in [0.717, 1.165) is 49.8 Å². The van der Waals surface area contributed by atoms with Gasteiger partial charge in [0.25, 0.3) is 0 Å². The van der Waals surface area contributed by atoms with Gasteiger partial charge in [0.2, 0.25) is 0 Å². The first-order valence-electron chi connectivity index (χ1n) is 7.19. The van der Waals surface area contributed by atoms with Crippen LogP contribution >= 0.6 is 0 Å². The molecule has 3 N–H and O–H groups in total. The lowest BCUT2D eigenvalue weighted by molar-refractivity contribution is 0.104. The molecule has 1 heterocycles. The average molecular weight is 264 g/mol. The zero-order valence-corrected chi connectivity index (χ0v) is 11.8. The Morgan fingerprint density at radius 2 is 2.00 bits per heavy atom. The van der Waals surface area contributed by atoms with E-state index in [1.54, 1.807) is 0 Å². The van der Waals surface area contributed by atoms with E-state index in [4.69, 9.17) is 0 Å². The second kappa shape index (κ2) is 6.70. The molecule has 1 fully saturated rings. The minimum Gasteiger partial charge on any atom is -0.393 e. The molecule has 0 radical (unpaired) electrons. The van der Waals surface area contributed by atoms with Crippen LogP contribution in [0.25, 0.3) is 0 Å². The Bertz CT molecular complexity index is 410. The maximum absolute atomic E-state index is 9.67. The minimum atomic E-state index is -0.120. The summed E-state index contributed by atoms with van der Waals surface area (Å²) in [7, 11) is 0. The number of hydrogen-bond donors (Lipinski definition) is 3. The Hall–Kier alpha value is -1.36.